The zero-order valence-corrected chi connectivity index (χ0v) is 20.3. The molecule has 11 nitrogen and oxygen atoms in total. The number of aromatic hydroxyl groups is 1. The third-order valence-corrected chi connectivity index (χ3v) is 5.64. The van der Waals surface area contributed by atoms with Crippen LogP contribution in [0.3, 0.4) is 0 Å². The highest BCUT2D eigenvalue weighted by atomic mass is 16.3. The molecule has 1 aliphatic rings. The van der Waals surface area contributed by atoms with Crippen molar-refractivity contribution in [3.05, 3.63) is 48.4 Å². The van der Waals surface area contributed by atoms with Crippen LogP contribution in [0.15, 0.2) is 42.7 Å². The van der Waals surface area contributed by atoms with Gasteiger partial charge in [0.25, 0.3) is 6.47 Å². The summed E-state index contributed by atoms with van der Waals surface area (Å²) in [5, 5.41) is 32.7. The lowest BCUT2D eigenvalue weighted by molar-refractivity contribution is -0.122. The van der Waals surface area contributed by atoms with Gasteiger partial charge in [-0.2, -0.15) is 0 Å². The van der Waals surface area contributed by atoms with Crippen molar-refractivity contribution in [2.45, 2.75) is 45.2 Å². The topological polar surface area (TPSA) is 143 Å². The van der Waals surface area contributed by atoms with Crippen LogP contribution in [0.25, 0.3) is 34.0 Å². The van der Waals surface area contributed by atoms with Gasteiger partial charge in [-0.1, -0.05) is 12.1 Å². The normalized spacial score (nSPS) is 16.3. The summed E-state index contributed by atoms with van der Waals surface area (Å²) >= 11 is 0. The second-order valence-electron chi connectivity index (χ2n) is 9.69. The molecule has 11 heteroatoms. The maximum atomic E-state index is 10.7. The summed E-state index contributed by atoms with van der Waals surface area (Å²) in [7, 11) is 1.76. The van der Waals surface area contributed by atoms with Gasteiger partial charge < -0.3 is 15.5 Å². The van der Waals surface area contributed by atoms with Crippen LogP contribution < -0.4 is 5.32 Å². The zero-order valence-electron chi connectivity index (χ0n) is 20.3. The summed E-state index contributed by atoms with van der Waals surface area (Å²) in [5.74, 6) is 1.28. The first-order chi connectivity index (χ1) is 16.5. The second-order valence-corrected chi connectivity index (χ2v) is 9.69. The van der Waals surface area contributed by atoms with E-state index in [0.29, 0.717) is 22.9 Å². The SMILES string of the molecule is Cn1nnnc1-c1ccc(-c2cn3ccc(C4=CC(C)(C)NC(C)(C)C4)nc3n2)c(O)c1.O=CO. The van der Waals surface area contributed by atoms with Gasteiger partial charge in [-0.3, -0.25) is 9.20 Å². The van der Waals surface area contributed by atoms with Crippen LogP contribution in [0.2, 0.25) is 0 Å². The third kappa shape index (κ3) is 5.04. The molecule has 3 N–H and O–H groups in total. The van der Waals surface area contributed by atoms with Gasteiger partial charge in [-0.05, 0) is 68.3 Å². The summed E-state index contributed by atoms with van der Waals surface area (Å²) in [6, 6.07) is 7.36. The number of rotatable bonds is 3. The predicted octanol–water partition coefficient (Wildman–Crippen LogP) is 2.93. The van der Waals surface area contributed by atoms with E-state index < -0.39 is 0 Å². The average Bonchev–Trinajstić information content (AvgIpc) is 3.37. The van der Waals surface area contributed by atoms with Crippen molar-refractivity contribution < 1.29 is 15.0 Å². The number of carbonyl (C=O) groups is 1. The minimum atomic E-state index is -0.250. The van der Waals surface area contributed by atoms with Gasteiger partial charge in [-0.25, -0.2) is 14.6 Å². The molecule has 182 valence electrons. The molecule has 1 aliphatic heterocycles. The highest BCUT2D eigenvalue weighted by Gasteiger charge is 2.33. The molecule has 0 bridgehead atoms. The number of fused-ring (bicyclic) bond motifs is 1. The summed E-state index contributed by atoms with van der Waals surface area (Å²) in [4.78, 5) is 17.9. The van der Waals surface area contributed by atoms with Crippen LogP contribution in [-0.2, 0) is 11.8 Å². The van der Waals surface area contributed by atoms with Crippen LogP contribution in [0.5, 0.6) is 5.75 Å². The van der Waals surface area contributed by atoms with Crippen molar-refractivity contribution in [3.63, 3.8) is 0 Å². The Balaban J connectivity index is 0.000000917. The van der Waals surface area contributed by atoms with E-state index in [1.807, 2.05) is 35.0 Å². The van der Waals surface area contributed by atoms with Crippen molar-refractivity contribution in [2.75, 3.05) is 0 Å². The lowest BCUT2D eigenvalue weighted by Crippen LogP contribution is -2.53. The number of phenolic OH excluding ortho intramolecular Hbond substituents is 1. The average molecular weight is 477 g/mol. The molecule has 4 aromatic rings. The van der Waals surface area contributed by atoms with Crippen LogP contribution in [-0.4, -0.2) is 62.3 Å². The van der Waals surface area contributed by atoms with Crippen molar-refractivity contribution in [2.24, 2.45) is 7.05 Å². The summed E-state index contributed by atoms with van der Waals surface area (Å²) < 4.78 is 3.43. The van der Waals surface area contributed by atoms with E-state index in [9.17, 15) is 5.11 Å². The molecule has 0 saturated heterocycles. The molecule has 0 atom stereocenters. The molecule has 35 heavy (non-hydrogen) atoms. The van der Waals surface area contributed by atoms with Gasteiger partial charge in [0.2, 0.25) is 5.78 Å². The minimum Gasteiger partial charge on any atom is -0.507 e. The van der Waals surface area contributed by atoms with Crippen LogP contribution >= 0.6 is 0 Å². The summed E-state index contributed by atoms with van der Waals surface area (Å²) in [6.45, 7) is 8.50. The number of hydrogen-bond donors (Lipinski definition) is 3. The molecule has 0 unspecified atom stereocenters. The van der Waals surface area contributed by atoms with E-state index in [1.54, 1.807) is 17.8 Å². The highest BCUT2D eigenvalue weighted by molar-refractivity contribution is 5.73. The molecule has 0 fully saturated rings. The Labute approximate surface area is 202 Å². The summed E-state index contributed by atoms with van der Waals surface area (Å²) in [6.07, 6.45) is 6.96. The number of aryl methyl sites for hydroxylation is 1. The second kappa shape index (κ2) is 8.91. The lowest BCUT2D eigenvalue weighted by atomic mass is 9.82. The first-order valence-corrected chi connectivity index (χ1v) is 11.0. The molecule has 0 amide bonds. The first-order valence-electron chi connectivity index (χ1n) is 11.0. The Bertz CT molecular complexity index is 1420. The number of phenols is 1. The summed E-state index contributed by atoms with van der Waals surface area (Å²) in [5.41, 5.74) is 3.99. The van der Waals surface area contributed by atoms with E-state index in [0.717, 1.165) is 17.7 Å². The quantitative estimate of drug-likeness (QED) is 0.380. The van der Waals surface area contributed by atoms with Crippen molar-refractivity contribution in [1.82, 2.24) is 39.9 Å². The van der Waals surface area contributed by atoms with Crippen molar-refractivity contribution in [1.29, 1.82) is 0 Å². The fourth-order valence-corrected chi connectivity index (χ4v) is 4.62. The molecule has 0 spiro atoms. The Kier molecular flexibility index (Phi) is 6.12. The number of nitrogens with one attached hydrogen (secondary N) is 1. The maximum absolute atomic E-state index is 10.7. The van der Waals surface area contributed by atoms with Crippen molar-refractivity contribution >= 4 is 17.8 Å². The third-order valence-electron chi connectivity index (χ3n) is 5.64. The zero-order chi connectivity index (χ0) is 25.4. The largest absolute Gasteiger partial charge is 0.507 e. The van der Waals surface area contributed by atoms with Gasteiger partial charge in [0, 0.05) is 41.6 Å². The molecule has 3 aromatic heterocycles. The number of aromatic nitrogens is 7. The fourth-order valence-electron chi connectivity index (χ4n) is 4.62. The van der Waals surface area contributed by atoms with Gasteiger partial charge in [0.15, 0.2) is 5.82 Å². The molecule has 0 aliphatic carbocycles. The minimum absolute atomic E-state index is 0.0201. The van der Waals surface area contributed by atoms with Crippen LogP contribution in [0, 0.1) is 0 Å². The lowest BCUT2D eigenvalue weighted by Gasteiger charge is -2.41. The molecule has 4 heterocycles. The van der Waals surface area contributed by atoms with Crippen LogP contribution in [0.4, 0.5) is 0 Å². The Hall–Kier alpha value is -4.12. The molecular weight excluding hydrogens is 448 g/mol. The standard InChI is InChI=1S/C23H26N8O.CH2O2/c1-22(2)11-15(12-23(3,4)27-22)17-8-9-31-13-18(25-21(31)24-17)16-7-6-14(10-19(16)32)20-26-28-29-30(20)5;2-1-3/h6-11,13,27,32H,12H2,1-5H3;1H,(H,2,3). The molecular formula is C24H28N8O3. The van der Waals surface area contributed by atoms with Gasteiger partial charge >= 0.3 is 0 Å². The Morgan fingerprint density at radius 2 is 1.83 bits per heavy atom. The first kappa shape index (κ1) is 24.0. The number of hydrogen-bond acceptors (Lipinski definition) is 8. The molecule has 0 saturated carbocycles. The maximum Gasteiger partial charge on any atom is 0.290 e. The Morgan fingerprint density at radius 3 is 2.46 bits per heavy atom. The Morgan fingerprint density at radius 1 is 1.11 bits per heavy atom. The number of tetrazole rings is 1. The van der Waals surface area contributed by atoms with E-state index in [1.165, 1.54) is 5.57 Å². The number of nitrogens with zero attached hydrogens (tertiary/aromatic N) is 7. The van der Waals surface area contributed by atoms with E-state index in [4.69, 9.17) is 14.9 Å². The van der Waals surface area contributed by atoms with Crippen LogP contribution in [0.1, 0.15) is 39.8 Å². The van der Waals surface area contributed by atoms with Crippen molar-refractivity contribution in [3.8, 4) is 28.4 Å². The van der Waals surface area contributed by atoms with E-state index >= 15 is 0 Å². The smallest absolute Gasteiger partial charge is 0.290 e. The number of imidazole rings is 1. The predicted molar refractivity (Wildman–Crippen MR) is 130 cm³/mol. The molecule has 5 rings (SSSR count). The van der Waals surface area contributed by atoms with Gasteiger partial charge in [-0.15, -0.1) is 5.10 Å². The molecule has 0 radical (unpaired) electrons. The fraction of sp³-hybridized carbons (Fsp3) is 0.333. The monoisotopic (exact) mass is 476 g/mol. The van der Waals surface area contributed by atoms with Gasteiger partial charge in [0.1, 0.15) is 5.75 Å². The van der Waals surface area contributed by atoms with Gasteiger partial charge in [0.05, 0.1) is 11.4 Å². The van der Waals surface area contributed by atoms with E-state index in [-0.39, 0.29) is 23.3 Å². The number of benzene rings is 1. The molecule has 1 aromatic carbocycles. The number of carboxylic acid groups (broad SMARTS) is 1. The highest BCUT2D eigenvalue weighted by Crippen LogP contribution is 2.34. The van der Waals surface area contributed by atoms with E-state index in [2.05, 4.69) is 59.6 Å².